The van der Waals surface area contributed by atoms with Crippen LogP contribution in [0.3, 0.4) is 0 Å². The molecule has 1 aromatic carbocycles. The van der Waals surface area contributed by atoms with Crippen LogP contribution >= 0.6 is 11.3 Å². The maximum atomic E-state index is 12.4. The minimum atomic E-state index is -4.73. The van der Waals surface area contributed by atoms with Gasteiger partial charge in [0.1, 0.15) is 5.75 Å². The minimum absolute atomic E-state index is 0.280. The summed E-state index contributed by atoms with van der Waals surface area (Å²) in [7, 11) is 0. The van der Waals surface area contributed by atoms with Gasteiger partial charge in [-0.25, -0.2) is 4.79 Å². The van der Waals surface area contributed by atoms with Crippen molar-refractivity contribution in [1.29, 1.82) is 0 Å². The van der Waals surface area contributed by atoms with Gasteiger partial charge < -0.3 is 9.64 Å². The Kier molecular flexibility index (Phi) is 5.36. The lowest BCUT2D eigenvalue weighted by atomic mass is 10.1. The number of rotatable bonds is 2. The first-order chi connectivity index (χ1) is 12.3. The van der Waals surface area contributed by atoms with Crippen LogP contribution in [0.25, 0.3) is 5.69 Å². The third-order valence-electron chi connectivity index (χ3n) is 3.94. The maximum Gasteiger partial charge on any atom is 0.573 e. The van der Waals surface area contributed by atoms with Gasteiger partial charge in [0.15, 0.2) is 4.80 Å². The fourth-order valence-electron chi connectivity index (χ4n) is 2.76. The van der Waals surface area contributed by atoms with E-state index in [1.165, 1.54) is 35.6 Å². The Hall–Kier alpha value is -2.29. The maximum absolute atomic E-state index is 12.4. The van der Waals surface area contributed by atoms with Crippen LogP contribution in [-0.4, -0.2) is 34.9 Å². The summed E-state index contributed by atoms with van der Waals surface area (Å²) in [5, 5.41) is 0. The molecule has 1 saturated heterocycles. The van der Waals surface area contributed by atoms with Gasteiger partial charge in [0.05, 0.1) is 0 Å². The quantitative estimate of drug-likeness (QED) is 0.776. The highest BCUT2D eigenvalue weighted by Crippen LogP contribution is 2.23. The highest BCUT2D eigenvalue weighted by Gasteiger charge is 2.31. The number of carbonyl (C=O) groups is 1. The highest BCUT2D eigenvalue weighted by atomic mass is 32.1. The third kappa shape index (κ3) is 4.66. The number of amides is 2. The third-order valence-corrected chi connectivity index (χ3v) is 4.83. The molecule has 0 aliphatic carbocycles. The number of hydrogen-bond donors (Lipinski definition) is 0. The van der Waals surface area contributed by atoms with Crippen LogP contribution in [0.4, 0.5) is 18.0 Å². The number of halogens is 3. The number of hydrogen-bond acceptors (Lipinski definition) is 3. The van der Waals surface area contributed by atoms with Gasteiger partial charge in [0.25, 0.3) is 0 Å². The predicted molar refractivity (Wildman–Crippen MR) is 91.4 cm³/mol. The molecule has 0 unspecified atom stereocenters. The van der Waals surface area contributed by atoms with Crippen LogP contribution in [0.1, 0.15) is 24.1 Å². The number of alkyl halides is 3. The van der Waals surface area contributed by atoms with Crippen LogP contribution in [0, 0.1) is 6.92 Å². The Labute approximate surface area is 152 Å². The molecule has 1 aliphatic rings. The number of benzene rings is 1. The summed E-state index contributed by atoms with van der Waals surface area (Å²) in [4.78, 5) is 19.7. The molecule has 3 rings (SSSR count). The number of nitrogens with zero attached hydrogens (tertiary/aromatic N) is 3. The van der Waals surface area contributed by atoms with Crippen molar-refractivity contribution in [1.82, 2.24) is 9.47 Å². The van der Waals surface area contributed by atoms with E-state index in [4.69, 9.17) is 0 Å². The van der Waals surface area contributed by atoms with Gasteiger partial charge in [-0.15, -0.1) is 24.5 Å². The zero-order valence-electron chi connectivity index (χ0n) is 14.1. The SMILES string of the molecule is Cc1cn(-c2ccc(OC(F)(F)F)cc2)c(=NC(=O)N2CCCCC2)s1. The van der Waals surface area contributed by atoms with Crippen LogP contribution in [0.2, 0.25) is 0 Å². The normalized spacial score (nSPS) is 16.0. The first-order valence-electron chi connectivity index (χ1n) is 8.21. The van der Waals surface area contributed by atoms with Gasteiger partial charge in [0.2, 0.25) is 0 Å². The molecule has 1 aromatic heterocycles. The zero-order valence-corrected chi connectivity index (χ0v) is 14.9. The molecule has 1 fully saturated rings. The Morgan fingerprint density at radius 1 is 1.15 bits per heavy atom. The summed E-state index contributed by atoms with van der Waals surface area (Å²) in [6, 6.07) is 5.19. The molecule has 0 spiro atoms. The number of aryl methyl sites for hydroxylation is 1. The van der Waals surface area contributed by atoms with E-state index in [1.54, 1.807) is 15.7 Å². The van der Waals surface area contributed by atoms with Crippen LogP contribution in [0.15, 0.2) is 35.5 Å². The van der Waals surface area contributed by atoms with E-state index in [0.29, 0.717) is 23.6 Å². The van der Waals surface area contributed by atoms with Gasteiger partial charge >= 0.3 is 12.4 Å². The summed E-state index contributed by atoms with van der Waals surface area (Å²) in [5.74, 6) is -0.295. The summed E-state index contributed by atoms with van der Waals surface area (Å²) >= 11 is 1.35. The van der Waals surface area contributed by atoms with E-state index in [2.05, 4.69) is 9.73 Å². The molecule has 0 atom stereocenters. The monoisotopic (exact) mass is 385 g/mol. The molecule has 5 nitrogen and oxygen atoms in total. The number of aromatic nitrogens is 1. The number of piperidine rings is 1. The summed E-state index contributed by atoms with van der Waals surface area (Å²) < 4.78 is 42.4. The summed E-state index contributed by atoms with van der Waals surface area (Å²) in [5.41, 5.74) is 0.606. The number of likely N-dealkylation sites (tertiary alicyclic amines) is 1. The molecule has 140 valence electrons. The molecule has 0 bridgehead atoms. The molecule has 26 heavy (non-hydrogen) atoms. The molecule has 0 radical (unpaired) electrons. The lowest BCUT2D eigenvalue weighted by molar-refractivity contribution is -0.274. The topological polar surface area (TPSA) is 46.8 Å². The molecular formula is C17H18F3N3O2S. The minimum Gasteiger partial charge on any atom is -0.406 e. The molecule has 2 amide bonds. The van der Waals surface area contributed by atoms with Crippen molar-refractivity contribution in [2.75, 3.05) is 13.1 Å². The Balaban J connectivity index is 1.87. The second-order valence-electron chi connectivity index (χ2n) is 5.98. The van der Waals surface area contributed by atoms with Crippen molar-refractivity contribution in [3.05, 3.63) is 40.1 Å². The second-order valence-corrected chi connectivity index (χ2v) is 7.19. The average molecular weight is 385 g/mol. The van der Waals surface area contributed by atoms with Crippen molar-refractivity contribution in [2.45, 2.75) is 32.5 Å². The van der Waals surface area contributed by atoms with Crippen molar-refractivity contribution in [3.8, 4) is 11.4 Å². The first kappa shape index (κ1) is 18.5. The van der Waals surface area contributed by atoms with E-state index < -0.39 is 6.36 Å². The summed E-state index contributed by atoms with van der Waals surface area (Å²) in [6.07, 6.45) is 0.145. The number of carbonyl (C=O) groups excluding carboxylic acids is 1. The Bertz CT molecular complexity index is 834. The predicted octanol–water partition coefficient (Wildman–Crippen LogP) is 4.25. The molecular weight excluding hydrogens is 367 g/mol. The number of thiazole rings is 1. The fourth-order valence-corrected chi connectivity index (χ4v) is 3.59. The van der Waals surface area contributed by atoms with Gasteiger partial charge in [-0.3, -0.25) is 4.57 Å². The van der Waals surface area contributed by atoms with E-state index in [9.17, 15) is 18.0 Å². The van der Waals surface area contributed by atoms with Crippen molar-refractivity contribution < 1.29 is 22.7 Å². The smallest absolute Gasteiger partial charge is 0.406 e. The number of urea groups is 1. The van der Waals surface area contributed by atoms with E-state index in [-0.39, 0.29) is 11.8 Å². The van der Waals surface area contributed by atoms with E-state index in [0.717, 1.165) is 24.1 Å². The molecule has 2 heterocycles. The van der Waals surface area contributed by atoms with Crippen LogP contribution in [-0.2, 0) is 0 Å². The van der Waals surface area contributed by atoms with Crippen molar-refractivity contribution >= 4 is 17.4 Å². The van der Waals surface area contributed by atoms with E-state index in [1.807, 2.05) is 6.92 Å². The van der Waals surface area contributed by atoms with Crippen LogP contribution in [0.5, 0.6) is 5.75 Å². The molecule has 0 saturated carbocycles. The van der Waals surface area contributed by atoms with Gasteiger partial charge in [-0.05, 0) is 50.5 Å². The average Bonchev–Trinajstić information content (AvgIpc) is 2.95. The van der Waals surface area contributed by atoms with Crippen molar-refractivity contribution in [2.24, 2.45) is 4.99 Å². The van der Waals surface area contributed by atoms with Gasteiger partial charge in [0, 0.05) is 29.9 Å². The molecule has 9 heteroatoms. The molecule has 0 N–H and O–H groups in total. The largest absolute Gasteiger partial charge is 0.573 e. The first-order valence-corrected chi connectivity index (χ1v) is 9.02. The van der Waals surface area contributed by atoms with Gasteiger partial charge in [-0.2, -0.15) is 4.99 Å². The highest BCUT2D eigenvalue weighted by molar-refractivity contribution is 7.09. The lowest BCUT2D eigenvalue weighted by Crippen LogP contribution is -2.34. The lowest BCUT2D eigenvalue weighted by Gasteiger charge is -2.24. The molecule has 1 aliphatic heterocycles. The Morgan fingerprint density at radius 2 is 1.81 bits per heavy atom. The zero-order chi connectivity index (χ0) is 18.7. The molecule has 2 aromatic rings. The fraction of sp³-hybridized carbons (Fsp3) is 0.412. The van der Waals surface area contributed by atoms with Crippen LogP contribution < -0.4 is 9.54 Å². The summed E-state index contributed by atoms with van der Waals surface area (Å²) in [6.45, 7) is 3.29. The second kappa shape index (κ2) is 7.53. The number of ether oxygens (including phenoxy) is 1. The van der Waals surface area contributed by atoms with Gasteiger partial charge in [-0.1, -0.05) is 0 Å². The van der Waals surface area contributed by atoms with Crippen molar-refractivity contribution in [3.63, 3.8) is 0 Å². The standard InChI is InChI=1S/C17H18F3N3O2S/c1-12-11-23(13-5-7-14(8-6-13)25-17(18,19)20)16(26-12)21-15(24)22-9-3-2-4-10-22/h5-8,11H,2-4,9-10H2,1H3. The van der Waals surface area contributed by atoms with E-state index >= 15 is 0 Å². The Morgan fingerprint density at radius 3 is 2.42 bits per heavy atom.